The fraction of sp³-hybridized carbons (Fsp3) is 0.391. The van der Waals surface area contributed by atoms with E-state index in [1.54, 1.807) is 37.3 Å². The molecule has 0 saturated carbocycles. The van der Waals surface area contributed by atoms with E-state index in [9.17, 15) is 9.59 Å². The average Bonchev–Trinajstić information content (AvgIpc) is 3.14. The molecule has 1 atom stereocenters. The van der Waals surface area contributed by atoms with Crippen molar-refractivity contribution in [3.8, 4) is 11.5 Å². The van der Waals surface area contributed by atoms with Crippen molar-refractivity contribution >= 4 is 23.2 Å². The third-order valence-corrected chi connectivity index (χ3v) is 5.23. The summed E-state index contributed by atoms with van der Waals surface area (Å²) in [5.74, 6) is 0.505. The monoisotopic (exact) mass is 396 g/mol. The molecular weight excluding hydrogens is 368 g/mol. The van der Waals surface area contributed by atoms with Gasteiger partial charge in [-0.15, -0.1) is 0 Å². The first kappa shape index (κ1) is 20.7. The fourth-order valence-corrected chi connectivity index (χ4v) is 3.50. The smallest absolute Gasteiger partial charge is 0.229 e. The lowest BCUT2D eigenvalue weighted by atomic mass is 10.1. The summed E-state index contributed by atoms with van der Waals surface area (Å²) in [6.45, 7) is 2.54. The van der Waals surface area contributed by atoms with Gasteiger partial charge in [0.05, 0.1) is 25.8 Å². The van der Waals surface area contributed by atoms with Gasteiger partial charge in [-0.25, -0.2) is 0 Å². The topological polar surface area (TPSA) is 67.9 Å². The molecule has 6 nitrogen and oxygen atoms in total. The van der Waals surface area contributed by atoms with Gasteiger partial charge in [-0.1, -0.05) is 25.5 Å². The molecule has 1 heterocycles. The molecule has 2 aromatic carbocycles. The maximum absolute atomic E-state index is 12.8. The molecule has 0 aliphatic carbocycles. The maximum Gasteiger partial charge on any atom is 0.229 e. The standard InChI is InChI=1S/C23H28N2O4/c1-4-5-6-16-7-9-18(10-8-16)25-15-17(13-22(25)26)23(27)24-20-14-19(28-2)11-12-21(20)29-3/h7-12,14,17H,4-6,13,15H2,1-3H3,(H,24,27). The molecule has 2 aromatic rings. The molecule has 1 saturated heterocycles. The van der Waals surface area contributed by atoms with Crippen LogP contribution in [0.2, 0.25) is 0 Å². The number of carbonyl (C=O) groups is 2. The molecule has 154 valence electrons. The molecule has 1 N–H and O–H groups in total. The van der Waals surface area contributed by atoms with Crippen molar-refractivity contribution in [3.63, 3.8) is 0 Å². The minimum atomic E-state index is -0.418. The van der Waals surface area contributed by atoms with Gasteiger partial charge in [0.15, 0.2) is 0 Å². The third kappa shape index (κ3) is 4.88. The lowest BCUT2D eigenvalue weighted by molar-refractivity contribution is -0.122. The molecule has 1 fully saturated rings. The Labute approximate surface area is 171 Å². The van der Waals surface area contributed by atoms with Crippen LogP contribution < -0.4 is 19.7 Å². The number of aryl methyl sites for hydroxylation is 1. The van der Waals surface area contributed by atoms with E-state index >= 15 is 0 Å². The van der Waals surface area contributed by atoms with Crippen LogP contribution in [0.1, 0.15) is 31.7 Å². The molecular formula is C23H28N2O4. The summed E-state index contributed by atoms with van der Waals surface area (Å²) in [5.41, 5.74) is 2.63. The molecule has 0 radical (unpaired) electrons. The first-order chi connectivity index (χ1) is 14.0. The normalized spacial score (nSPS) is 16.0. The average molecular weight is 396 g/mol. The van der Waals surface area contributed by atoms with Crippen molar-refractivity contribution < 1.29 is 19.1 Å². The highest BCUT2D eigenvalue weighted by molar-refractivity contribution is 6.04. The van der Waals surface area contributed by atoms with Gasteiger partial charge in [0.1, 0.15) is 11.5 Å². The Morgan fingerprint density at radius 2 is 1.90 bits per heavy atom. The van der Waals surface area contributed by atoms with Gasteiger partial charge in [0.25, 0.3) is 0 Å². The van der Waals surface area contributed by atoms with Gasteiger partial charge >= 0.3 is 0 Å². The minimum Gasteiger partial charge on any atom is -0.497 e. The van der Waals surface area contributed by atoms with Crippen molar-refractivity contribution in [2.24, 2.45) is 5.92 Å². The quantitative estimate of drug-likeness (QED) is 0.731. The number of anilines is 2. The second-order valence-corrected chi connectivity index (χ2v) is 7.23. The Kier molecular flexibility index (Phi) is 6.75. The summed E-state index contributed by atoms with van der Waals surface area (Å²) in [4.78, 5) is 27.0. The van der Waals surface area contributed by atoms with Gasteiger partial charge in [0, 0.05) is 24.7 Å². The molecule has 2 amide bonds. The van der Waals surface area contributed by atoms with Crippen LogP contribution in [0.5, 0.6) is 11.5 Å². The zero-order valence-corrected chi connectivity index (χ0v) is 17.2. The van der Waals surface area contributed by atoms with E-state index in [4.69, 9.17) is 9.47 Å². The molecule has 1 aliphatic rings. The van der Waals surface area contributed by atoms with Crippen molar-refractivity contribution in [2.75, 3.05) is 31.0 Å². The number of hydrogen-bond acceptors (Lipinski definition) is 4. The van der Waals surface area contributed by atoms with Crippen molar-refractivity contribution in [2.45, 2.75) is 32.6 Å². The van der Waals surface area contributed by atoms with Crippen LogP contribution in [0.15, 0.2) is 42.5 Å². The Hall–Kier alpha value is -3.02. The number of benzene rings is 2. The largest absolute Gasteiger partial charge is 0.497 e. The van der Waals surface area contributed by atoms with Crippen LogP contribution in [0.3, 0.4) is 0 Å². The Morgan fingerprint density at radius 3 is 2.55 bits per heavy atom. The van der Waals surface area contributed by atoms with Crippen LogP contribution >= 0.6 is 0 Å². The van der Waals surface area contributed by atoms with E-state index in [1.807, 2.05) is 12.1 Å². The zero-order valence-electron chi connectivity index (χ0n) is 17.2. The molecule has 6 heteroatoms. The molecule has 0 spiro atoms. The molecule has 0 bridgehead atoms. The summed E-state index contributed by atoms with van der Waals surface area (Å²) in [5, 5.41) is 2.88. The number of ether oxygens (including phenoxy) is 2. The summed E-state index contributed by atoms with van der Waals surface area (Å²) in [6.07, 6.45) is 3.53. The highest BCUT2D eigenvalue weighted by Gasteiger charge is 2.35. The number of hydrogen-bond donors (Lipinski definition) is 1. The van der Waals surface area contributed by atoms with E-state index in [0.717, 1.165) is 24.9 Å². The minimum absolute atomic E-state index is 0.0379. The van der Waals surface area contributed by atoms with Gasteiger partial charge in [-0.2, -0.15) is 0 Å². The van der Waals surface area contributed by atoms with Crippen molar-refractivity contribution in [1.29, 1.82) is 0 Å². The Bertz CT molecular complexity index is 864. The highest BCUT2D eigenvalue weighted by Crippen LogP contribution is 2.31. The Morgan fingerprint density at radius 1 is 1.14 bits per heavy atom. The van der Waals surface area contributed by atoms with Crippen LogP contribution in [-0.2, 0) is 16.0 Å². The summed E-state index contributed by atoms with van der Waals surface area (Å²) in [7, 11) is 3.11. The lowest BCUT2D eigenvalue weighted by Crippen LogP contribution is -2.28. The highest BCUT2D eigenvalue weighted by atomic mass is 16.5. The van der Waals surface area contributed by atoms with Crippen molar-refractivity contribution in [3.05, 3.63) is 48.0 Å². The summed E-state index contributed by atoms with van der Waals surface area (Å²) in [6, 6.07) is 13.3. The molecule has 0 aromatic heterocycles. The van der Waals surface area contributed by atoms with Gasteiger partial charge in [-0.05, 0) is 42.7 Å². The SMILES string of the molecule is CCCCc1ccc(N2CC(C(=O)Nc3cc(OC)ccc3OC)CC2=O)cc1. The molecule has 3 rings (SSSR count). The Balaban J connectivity index is 1.67. The van der Waals surface area contributed by atoms with Gasteiger partial charge < -0.3 is 19.7 Å². The first-order valence-corrected chi connectivity index (χ1v) is 9.98. The van der Waals surface area contributed by atoms with E-state index in [-0.39, 0.29) is 18.2 Å². The lowest BCUT2D eigenvalue weighted by Gasteiger charge is -2.18. The first-order valence-electron chi connectivity index (χ1n) is 9.98. The maximum atomic E-state index is 12.8. The van der Waals surface area contributed by atoms with Crippen LogP contribution in [0.25, 0.3) is 0 Å². The second-order valence-electron chi connectivity index (χ2n) is 7.23. The second kappa shape index (κ2) is 9.45. The number of nitrogens with zero attached hydrogens (tertiary/aromatic N) is 1. The van der Waals surface area contributed by atoms with E-state index < -0.39 is 5.92 Å². The van der Waals surface area contributed by atoms with Gasteiger partial charge in [0.2, 0.25) is 11.8 Å². The van der Waals surface area contributed by atoms with Crippen LogP contribution in [0.4, 0.5) is 11.4 Å². The number of nitrogens with one attached hydrogen (secondary N) is 1. The number of methoxy groups -OCH3 is 2. The number of amides is 2. The summed E-state index contributed by atoms with van der Waals surface area (Å²) >= 11 is 0. The van der Waals surface area contributed by atoms with Crippen molar-refractivity contribution in [1.82, 2.24) is 0 Å². The van der Waals surface area contributed by atoms with Crippen LogP contribution in [-0.4, -0.2) is 32.6 Å². The predicted molar refractivity (Wildman–Crippen MR) is 114 cm³/mol. The molecule has 29 heavy (non-hydrogen) atoms. The zero-order chi connectivity index (χ0) is 20.8. The van der Waals surface area contributed by atoms with Crippen LogP contribution in [0, 0.1) is 5.92 Å². The van der Waals surface area contributed by atoms with E-state index in [1.165, 1.54) is 5.56 Å². The fourth-order valence-electron chi connectivity index (χ4n) is 3.50. The van der Waals surface area contributed by atoms with E-state index in [0.29, 0.717) is 23.7 Å². The molecule has 1 aliphatic heterocycles. The number of unbranched alkanes of at least 4 members (excludes halogenated alkanes) is 1. The molecule has 1 unspecified atom stereocenters. The summed E-state index contributed by atoms with van der Waals surface area (Å²) < 4.78 is 10.5. The van der Waals surface area contributed by atoms with Gasteiger partial charge in [-0.3, -0.25) is 9.59 Å². The predicted octanol–water partition coefficient (Wildman–Crippen LogP) is 4.04. The number of rotatable bonds is 8. The number of carbonyl (C=O) groups excluding carboxylic acids is 2. The third-order valence-electron chi connectivity index (χ3n) is 5.23. The van der Waals surface area contributed by atoms with E-state index in [2.05, 4.69) is 24.4 Å².